The van der Waals surface area contributed by atoms with Crippen LogP contribution in [-0.2, 0) is 0 Å². The lowest BCUT2D eigenvalue weighted by Crippen LogP contribution is -2.22. The van der Waals surface area contributed by atoms with Gasteiger partial charge >= 0.3 is 0 Å². The van der Waals surface area contributed by atoms with E-state index in [0.29, 0.717) is 0 Å². The van der Waals surface area contributed by atoms with Crippen LogP contribution in [0.3, 0.4) is 0 Å². The largest absolute Gasteiger partial charge is 0.391 e. The SMILES string of the molecule is C#Cc1ccc([C@H](N)[C@H](C)O)cc1. The van der Waals surface area contributed by atoms with E-state index in [2.05, 4.69) is 5.92 Å². The highest BCUT2D eigenvalue weighted by Gasteiger charge is 2.10. The third-order valence-corrected chi connectivity index (χ3v) is 1.98. The molecule has 0 aliphatic rings. The lowest BCUT2D eigenvalue weighted by molar-refractivity contribution is 0.164. The van der Waals surface area contributed by atoms with Crippen molar-refractivity contribution in [2.45, 2.75) is 19.1 Å². The number of hydrogen-bond acceptors (Lipinski definition) is 2. The zero-order valence-corrected chi connectivity index (χ0v) is 7.57. The summed E-state index contributed by atoms with van der Waals surface area (Å²) in [4.78, 5) is 0. The molecule has 0 aliphatic carbocycles. The molecule has 3 N–H and O–H groups in total. The van der Waals surface area contributed by atoms with Gasteiger partial charge in [0.25, 0.3) is 0 Å². The summed E-state index contributed by atoms with van der Waals surface area (Å²) in [5, 5.41) is 9.24. The summed E-state index contributed by atoms with van der Waals surface area (Å²) >= 11 is 0. The Morgan fingerprint density at radius 3 is 2.31 bits per heavy atom. The molecule has 2 heteroatoms. The maximum Gasteiger partial charge on any atom is 0.0704 e. The molecule has 0 fully saturated rings. The molecule has 2 atom stereocenters. The smallest absolute Gasteiger partial charge is 0.0704 e. The Hall–Kier alpha value is -1.30. The molecular formula is C11H13NO. The number of hydrogen-bond donors (Lipinski definition) is 2. The van der Waals surface area contributed by atoms with Gasteiger partial charge in [0.1, 0.15) is 0 Å². The van der Waals surface area contributed by atoms with Crippen LogP contribution in [0.5, 0.6) is 0 Å². The van der Waals surface area contributed by atoms with Crippen LogP contribution in [-0.4, -0.2) is 11.2 Å². The van der Waals surface area contributed by atoms with Crippen molar-refractivity contribution in [1.29, 1.82) is 0 Å². The molecule has 0 radical (unpaired) electrons. The zero-order chi connectivity index (χ0) is 9.84. The van der Waals surface area contributed by atoms with Crippen LogP contribution in [0.2, 0.25) is 0 Å². The highest BCUT2D eigenvalue weighted by Crippen LogP contribution is 2.14. The van der Waals surface area contributed by atoms with Crippen molar-refractivity contribution < 1.29 is 5.11 Å². The number of nitrogens with two attached hydrogens (primary N) is 1. The van der Waals surface area contributed by atoms with E-state index in [1.165, 1.54) is 0 Å². The van der Waals surface area contributed by atoms with Crippen LogP contribution in [0, 0.1) is 12.3 Å². The minimum absolute atomic E-state index is 0.341. The van der Waals surface area contributed by atoms with Gasteiger partial charge in [-0.3, -0.25) is 0 Å². The van der Waals surface area contributed by atoms with Gasteiger partial charge in [-0.25, -0.2) is 0 Å². The predicted molar refractivity (Wildman–Crippen MR) is 53.0 cm³/mol. The Kier molecular flexibility index (Phi) is 3.07. The van der Waals surface area contributed by atoms with Crippen LogP contribution >= 0.6 is 0 Å². The molecule has 0 saturated carbocycles. The van der Waals surface area contributed by atoms with Crippen LogP contribution in [0.15, 0.2) is 24.3 Å². The first-order valence-corrected chi connectivity index (χ1v) is 4.15. The molecule has 0 bridgehead atoms. The van der Waals surface area contributed by atoms with Crippen LogP contribution in [0.1, 0.15) is 24.1 Å². The Morgan fingerprint density at radius 2 is 1.92 bits per heavy atom. The third-order valence-electron chi connectivity index (χ3n) is 1.98. The van der Waals surface area contributed by atoms with Gasteiger partial charge in [-0.15, -0.1) is 6.42 Å². The number of terminal acetylenes is 1. The first-order chi connectivity index (χ1) is 6.15. The molecule has 1 rings (SSSR count). The van der Waals surface area contributed by atoms with Gasteiger partial charge < -0.3 is 10.8 Å². The highest BCUT2D eigenvalue weighted by molar-refractivity contribution is 5.35. The Bertz CT molecular complexity index is 308. The van der Waals surface area contributed by atoms with Crippen LogP contribution in [0.4, 0.5) is 0 Å². The van der Waals surface area contributed by atoms with Crippen LogP contribution in [0.25, 0.3) is 0 Å². The van der Waals surface area contributed by atoms with Crippen molar-refractivity contribution in [2.24, 2.45) is 5.73 Å². The summed E-state index contributed by atoms with van der Waals surface area (Å²) in [6.45, 7) is 1.67. The topological polar surface area (TPSA) is 46.2 Å². The molecule has 1 aromatic rings. The molecule has 0 heterocycles. The number of rotatable bonds is 2. The lowest BCUT2D eigenvalue weighted by Gasteiger charge is -2.14. The number of aliphatic hydroxyl groups excluding tert-OH is 1. The quantitative estimate of drug-likeness (QED) is 0.660. The average molecular weight is 175 g/mol. The van der Waals surface area contributed by atoms with Crippen LogP contribution < -0.4 is 5.73 Å². The predicted octanol–water partition coefficient (Wildman–Crippen LogP) is 1.05. The van der Waals surface area contributed by atoms with Crippen molar-refractivity contribution in [2.75, 3.05) is 0 Å². The van der Waals surface area contributed by atoms with E-state index in [0.717, 1.165) is 11.1 Å². The molecule has 0 unspecified atom stereocenters. The van der Waals surface area contributed by atoms with E-state index in [9.17, 15) is 5.11 Å². The van der Waals surface area contributed by atoms with E-state index in [1.807, 2.05) is 24.3 Å². The molecule has 0 saturated heterocycles. The fraction of sp³-hybridized carbons (Fsp3) is 0.273. The molecular weight excluding hydrogens is 162 g/mol. The summed E-state index contributed by atoms with van der Waals surface area (Å²) < 4.78 is 0. The summed E-state index contributed by atoms with van der Waals surface area (Å²) in [6, 6.07) is 6.97. The highest BCUT2D eigenvalue weighted by atomic mass is 16.3. The summed E-state index contributed by atoms with van der Waals surface area (Å²) in [7, 11) is 0. The molecule has 2 nitrogen and oxygen atoms in total. The summed E-state index contributed by atoms with van der Waals surface area (Å²) in [5.41, 5.74) is 7.45. The summed E-state index contributed by atoms with van der Waals surface area (Å²) in [6.07, 6.45) is 4.66. The van der Waals surface area contributed by atoms with Gasteiger partial charge in [0, 0.05) is 5.56 Å². The maximum atomic E-state index is 9.24. The monoisotopic (exact) mass is 175 g/mol. The van der Waals surface area contributed by atoms with Crippen molar-refractivity contribution >= 4 is 0 Å². The number of benzene rings is 1. The number of aliphatic hydroxyl groups is 1. The van der Waals surface area contributed by atoms with Gasteiger partial charge in [-0.05, 0) is 24.6 Å². The van der Waals surface area contributed by atoms with Gasteiger partial charge in [0.15, 0.2) is 0 Å². The van der Waals surface area contributed by atoms with Crippen molar-refractivity contribution in [1.82, 2.24) is 0 Å². The lowest BCUT2D eigenvalue weighted by atomic mass is 10.0. The molecule has 68 valence electrons. The molecule has 0 aromatic heterocycles. The maximum absolute atomic E-state index is 9.24. The second kappa shape index (κ2) is 4.08. The summed E-state index contributed by atoms with van der Waals surface area (Å²) in [5.74, 6) is 2.52. The van der Waals surface area contributed by atoms with E-state index < -0.39 is 6.10 Å². The Morgan fingerprint density at radius 1 is 1.38 bits per heavy atom. The second-order valence-electron chi connectivity index (χ2n) is 3.03. The first-order valence-electron chi connectivity index (χ1n) is 4.15. The van der Waals surface area contributed by atoms with Gasteiger partial charge in [-0.1, -0.05) is 18.1 Å². The van der Waals surface area contributed by atoms with E-state index in [4.69, 9.17) is 12.2 Å². The van der Waals surface area contributed by atoms with E-state index in [-0.39, 0.29) is 6.04 Å². The van der Waals surface area contributed by atoms with Gasteiger partial charge in [0.05, 0.1) is 12.1 Å². The molecule has 0 aliphatic heterocycles. The van der Waals surface area contributed by atoms with E-state index in [1.54, 1.807) is 6.92 Å². The van der Waals surface area contributed by atoms with Crippen molar-refractivity contribution in [3.8, 4) is 12.3 Å². The standard InChI is InChI=1S/C11H13NO/c1-3-9-4-6-10(7-5-9)11(12)8(2)13/h1,4-8,11,13H,12H2,2H3/t8-,11+/m0/s1. The fourth-order valence-electron chi connectivity index (χ4n) is 1.08. The van der Waals surface area contributed by atoms with E-state index >= 15 is 0 Å². The minimum atomic E-state index is -0.545. The van der Waals surface area contributed by atoms with Crippen molar-refractivity contribution in [3.63, 3.8) is 0 Å². The average Bonchev–Trinajstić information content (AvgIpc) is 2.17. The molecule has 0 amide bonds. The third kappa shape index (κ3) is 2.32. The Balaban J connectivity index is 2.87. The normalized spacial score (nSPS) is 14.6. The van der Waals surface area contributed by atoms with Gasteiger partial charge in [-0.2, -0.15) is 0 Å². The van der Waals surface area contributed by atoms with Crippen molar-refractivity contribution in [3.05, 3.63) is 35.4 Å². The molecule has 0 spiro atoms. The first kappa shape index (κ1) is 9.79. The molecule has 13 heavy (non-hydrogen) atoms. The fourth-order valence-corrected chi connectivity index (χ4v) is 1.08. The second-order valence-corrected chi connectivity index (χ2v) is 3.03. The molecule has 1 aromatic carbocycles. The Labute approximate surface area is 78.4 Å². The van der Waals surface area contributed by atoms with Gasteiger partial charge in [0.2, 0.25) is 0 Å². The zero-order valence-electron chi connectivity index (χ0n) is 7.57. The minimum Gasteiger partial charge on any atom is -0.391 e.